The molecule has 0 aromatic heterocycles. The highest BCUT2D eigenvalue weighted by molar-refractivity contribution is 5.87. The Balaban J connectivity index is 0. The van der Waals surface area contributed by atoms with Crippen LogP contribution in [-0.2, 0) is 14.3 Å². The first kappa shape index (κ1) is 31.2. The summed E-state index contributed by atoms with van der Waals surface area (Å²) in [5.41, 5.74) is 26.9. The summed E-state index contributed by atoms with van der Waals surface area (Å²) in [4.78, 5) is 36.5. The van der Waals surface area contributed by atoms with Gasteiger partial charge in [0.25, 0.3) is 0 Å². The van der Waals surface area contributed by atoms with Gasteiger partial charge in [0.05, 0.1) is 19.1 Å². The largest absolute Gasteiger partial charge is 0.448 e. The molecule has 0 bridgehead atoms. The van der Waals surface area contributed by atoms with Crippen molar-refractivity contribution in [3.05, 3.63) is 0 Å². The van der Waals surface area contributed by atoms with Gasteiger partial charge in [-0.25, -0.2) is 4.79 Å². The molecule has 0 aromatic rings. The second-order valence-corrected chi connectivity index (χ2v) is 7.16. The Morgan fingerprint density at radius 2 is 1.55 bits per heavy atom. The number of rotatable bonds is 17. The lowest BCUT2D eigenvalue weighted by Gasteiger charge is -2.25. The molecule has 31 heavy (non-hydrogen) atoms. The fourth-order valence-corrected chi connectivity index (χ4v) is 2.53. The minimum atomic E-state index is -0.903. The fourth-order valence-electron chi connectivity index (χ4n) is 2.53. The van der Waals surface area contributed by atoms with Crippen molar-refractivity contribution in [1.29, 1.82) is 0 Å². The zero-order chi connectivity index (χ0) is 23.9. The Hall–Kier alpha value is -1.95. The van der Waals surface area contributed by atoms with Crippen LogP contribution < -0.4 is 34.0 Å². The summed E-state index contributed by atoms with van der Waals surface area (Å²) in [7, 11) is 0. The monoisotopic (exact) mass is 447 g/mol. The third-order valence-corrected chi connectivity index (χ3v) is 4.29. The van der Waals surface area contributed by atoms with Gasteiger partial charge in [0, 0.05) is 6.54 Å². The molecule has 0 aliphatic carbocycles. The maximum atomic E-state index is 12.5. The molecule has 0 fully saturated rings. The molecule has 11 heteroatoms. The van der Waals surface area contributed by atoms with Gasteiger partial charge in [-0.3, -0.25) is 9.59 Å². The van der Waals surface area contributed by atoms with Gasteiger partial charge in [0.1, 0.15) is 6.61 Å². The minimum absolute atomic E-state index is 0.0237. The number of primary amides is 1. The molecule has 1 atom stereocenters. The number of carbonyl (C=O) groups excluding carboxylic acids is 3. The van der Waals surface area contributed by atoms with Crippen LogP contribution in [0, 0.1) is 0 Å². The van der Waals surface area contributed by atoms with Gasteiger partial charge >= 0.3 is 6.09 Å². The Labute approximate surface area is 186 Å². The van der Waals surface area contributed by atoms with Gasteiger partial charge < -0.3 is 43.6 Å². The third-order valence-electron chi connectivity index (χ3n) is 4.29. The van der Waals surface area contributed by atoms with E-state index in [1.165, 1.54) is 17.7 Å². The van der Waals surface area contributed by atoms with Gasteiger partial charge in [0.15, 0.2) is 0 Å². The molecule has 0 radical (unpaired) electrons. The molecular formula is C20H45N7O4. The Kier molecular flexibility index (Phi) is 22.9. The summed E-state index contributed by atoms with van der Waals surface area (Å²) >= 11 is 0. The summed E-state index contributed by atoms with van der Waals surface area (Å²) < 4.78 is 4.53. The highest BCUT2D eigenvalue weighted by atomic mass is 16.5. The highest BCUT2D eigenvalue weighted by Crippen LogP contribution is 2.05. The lowest BCUT2D eigenvalue weighted by Crippen LogP contribution is -2.48. The molecular weight excluding hydrogens is 402 g/mol. The number of amides is 3. The molecule has 0 rings (SSSR count). The van der Waals surface area contributed by atoms with E-state index in [0.717, 1.165) is 38.6 Å². The van der Waals surface area contributed by atoms with E-state index < -0.39 is 12.1 Å². The molecule has 3 amide bonds. The number of nitrogens with one attached hydrogen (secondary N) is 1. The van der Waals surface area contributed by atoms with Crippen LogP contribution in [0.1, 0.15) is 58.3 Å². The Morgan fingerprint density at radius 1 is 0.935 bits per heavy atom. The molecule has 0 saturated heterocycles. The van der Waals surface area contributed by atoms with Crippen molar-refractivity contribution < 1.29 is 19.1 Å². The lowest BCUT2D eigenvalue weighted by molar-refractivity contribution is -0.137. The van der Waals surface area contributed by atoms with Crippen molar-refractivity contribution in [2.75, 3.05) is 45.9 Å². The second kappa shape index (κ2) is 22.7. The molecule has 0 saturated carbocycles. The van der Waals surface area contributed by atoms with Crippen LogP contribution in [0.3, 0.4) is 0 Å². The summed E-state index contributed by atoms with van der Waals surface area (Å²) in [5, 5.41) is 2.57. The number of hydrogen-bond donors (Lipinski definition) is 6. The van der Waals surface area contributed by atoms with Gasteiger partial charge in [-0.15, -0.1) is 0 Å². The van der Waals surface area contributed by atoms with E-state index in [2.05, 4.69) is 17.0 Å². The second-order valence-electron chi connectivity index (χ2n) is 7.16. The smallest absolute Gasteiger partial charge is 0.404 e. The predicted molar refractivity (Wildman–Crippen MR) is 123 cm³/mol. The predicted octanol–water partition coefficient (Wildman–Crippen LogP) is -0.643. The highest BCUT2D eigenvalue weighted by Gasteiger charge is 2.22. The molecule has 0 aromatic carbocycles. The molecule has 11 nitrogen and oxygen atoms in total. The summed E-state index contributed by atoms with van der Waals surface area (Å²) in [5.74, 6) is -0.599. The minimum Gasteiger partial charge on any atom is -0.448 e. The van der Waals surface area contributed by atoms with E-state index in [0.29, 0.717) is 26.1 Å². The van der Waals surface area contributed by atoms with Crippen molar-refractivity contribution in [3.8, 4) is 0 Å². The van der Waals surface area contributed by atoms with Crippen LogP contribution in [0.25, 0.3) is 0 Å². The van der Waals surface area contributed by atoms with Gasteiger partial charge in [-0.05, 0) is 51.7 Å². The van der Waals surface area contributed by atoms with Gasteiger partial charge in [-0.2, -0.15) is 0 Å². The summed E-state index contributed by atoms with van der Waals surface area (Å²) in [6, 6.07) is -0.651. The lowest BCUT2D eigenvalue weighted by atomic mass is 10.1. The Bertz CT molecular complexity index is 465. The van der Waals surface area contributed by atoms with Crippen molar-refractivity contribution >= 4 is 17.9 Å². The van der Waals surface area contributed by atoms with Crippen molar-refractivity contribution in [2.45, 2.75) is 64.3 Å². The van der Waals surface area contributed by atoms with E-state index in [4.69, 9.17) is 28.7 Å². The summed E-state index contributed by atoms with van der Waals surface area (Å²) in [6.45, 7) is 4.57. The summed E-state index contributed by atoms with van der Waals surface area (Å²) in [6.07, 6.45) is 6.06. The van der Waals surface area contributed by atoms with E-state index in [1.54, 1.807) is 0 Å². The molecule has 0 heterocycles. The molecule has 0 aliphatic heterocycles. The van der Waals surface area contributed by atoms with Crippen LogP contribution in [0.2, 0.25) is 0 Å². The zero-order valence-electron chi connectivity index (χ0n) is 19.2. The van der Waals surface area contributed by atoms with E-state index in [-0.39, 0.29) is 31.5 Å². The third kappa shape index (κ3) is 21.1. The molecule has 184 valence electrons. The number of hydrogen-bond acceptors (Lipinski definition) is 8. The molecule has 1 unspecified atom stereocenters. The zero-order valence-corrected chi connectivity index (χ0v) is 19.2. The molecule has 11 N–H and O–H groups in total. The quantitative estimate of drug-likeness (QED) is 0.158. The first-order valence-corrected chi connectivity index (χ1v) is 11.2. The first-order chi connectivity index (χ1) is 14.8. The van der Waals surface area contributed by atoms with Crippen LogP contribution in [0.5, 0.6) is 0 Å². The van der Waals surface area contributed by atoms with Gasteiger partial charge in [-0.1, -0.05) is 26.2 Å². The number of nitrogens with two attached hydrogens (primary N) is 5. The van der Waals surface area contributed by atoms with E-state index in [9.17, 15) is 14.4 Å². The maximum Gasteiger partial charge on any atom is 0.404 e. The van der Waals surface area contributed by atoms with Crippen LogP contribution in [0.15, 0.2) is 0 Å². The average Bonchev–Trinajstić information content (AvgIpc) is 2.74. The van der Waals surface area contributed by atoms with E-state index in [1.807, 2.05) is 0 Å². The number of carbonyl (C=O) groups is 3. The van der Waals surface area contributed by atoms with Crippen molar-refractivity contribution in [3.63, 3.8) is 0 Å². The standard InChI is InChI=1S/C16H34N6O4.C4H11N/c17-7-3-1-5-10-22(15(24)13(19)6-2-4-8-18)12-14(23)21-9-11-26-16(20)25;1-2-3-4-5/h13H,1-12,17-19H2,(H2,20,25)(H,21,23);2-5H2,1H3. The SMILES string of the molecule is CCCCN.NCCCCCN(CC(=O)NCCOC(N)=O)C(=O)C(N)CCCCN. The molecule has 0 spiro atoms. The van der Waals surface area contributed by atoms with Gasteiger partial charge in [0.2, 0.25) is 11.8 Å². The van der Waals surface area contributed by atoms with Crippen LogP contribution >= 0.6 is 0 Å². The number of ether oxygens (including phenoxy) is 1. The Morgan fingerprint density at radius 3 is 2.06 bits per heavy atom. The first-order valence-electron chi connectivity index (χ1n) is 11.2. The van der Waals surface area contributed by atoms with Crippen molar-refractivity contribution in [1.82, 2.24) is 10.2 Å². The maximum absolute atomic E-state index is 12.5. The normalized spacial score (nSPS) is 11.1. The van der Waals surface area contributed by atoms with Crippen molar-refractivity contribution in [2.24, 2.45) is 28.7 Å². The molecule has 0 aliphatic rings. The average molecular weight is 448 g/mol. The van der Waals surface area contributed by atoms with Crippen LogP contribution in [-0.4, -0.2) is 74.7 Å². The van der Waals surface area contributed by atoms with E-state index >= 15 is 0 Å². The fraction of sp³-hybridized carbons (Fsp3) is 0.850. The number of nitrogens with zero attached hydrogens (tertiary/aromatic N) is 1. The topological polar surface area (TPSA) is 206 Å². The van der Waals surface area contributed by atoms with Crippen LogP contribution in [0.4, 0.5) is 4.79 Å². The number of unbranched alkanes of at least 4 members (excludes halogenated alkanes) is 4.